The Labute approximate surface area is 145 Å². The predicted octanol–water partition coefficient (Wildman–Crippen LogP) is 1.15. The molecule has 0 spiro atoms. The van der Waals surface area contributed by atoms with Crippen molar-refractivity contribution in [3.63, 3.8) is 0 Å². The van der Waals surface area contributed by atoms with E-state index in [1.807, 2.05) is 6.07 Å². The second-order valence-corrected chi connectivity index (χ2v) is 5.87. The Bertz CT molecular complexity index is 682. The molecule has 0 saturated heterocycles. The first-order chi connectivity index (χ1) is 11.7. The van der Waals surface area contributed by atoms with Gasteiger partial charge in [0.1, 0.15) is 17.9 Å². The Balaban J connectivity index is 2.40. The summed E-state index contributed by atoms with van der Waals surface area (Å²) < 4.78 is 17.5. The van der Waals surface area contributed by atoms with Crippen LogP contribution < -0.4 is 10.6 Å². The van der Waals surface area contributed by atoms with E-state index in [0.717, 1.165) is 12.1 Å². The first kappa shape index (κ1) is 20.1. The standard InChI is InChI=1S/C17H20FN3O4/c1-11(2)17(3,10-19)21-14(22)9-25-15(23)8-20-16(24)12-4-6-13(18)7-5-12/h4-7,11H,8-9H2,1-3H3,(H,20,24)(H,21,22)/t17-/m1/s1. The normalized spacial score (nSPS) is 12.6. The quantitative estimate of drug-likeness (QED) is 0.718. The second kappa shape index (κ2) is 8.78. The van der Waals surface area contributed by atoms with Crippen molar-refractivity contribution in [2.45, 2.75) is 26.3 Å². The van der Waals surface area contributed by atoms with Crippen molar-refractivity contribution in [1.82, 2.24) is 10.6 Å². The first-order valence-electron chi connectivity index (χ1n) is 7.59. The molecule has 0 aliphatic carbocycles. The van der Waals surface area contributed by atoms with Gasteiger partial charge in [-0.1, -0.05) is 13.8 Å². The number of nitrogens with zero attached hydrogens (tertiary/aromatic N) is 1. The van der Waals surface area contributed by atoms with E-state index < -0.39 is 42.3 Å². The number of ether oxygens (including phenoxy) is 1. The van der Waals surface area contributed by atoms with Crippen LogP contribution in [0, 0.1) is 23.1 Å². The van der Waals surface area contributed by atoms with Crippen molar-refractivity contribution < 1.29 is 23.5 Å². The van der Waals surface area contributed by atoms with Crippen LogP contribution in [0.15, 0.2) is 24.3 Å². The van der Waals surface area contributed by atoms with E-state index >= 15 is 0 Å². The molecule has 1 rings (SSSR count). The lowest BCUT2D eigenvalue weighted by Crippen LogP contribution is -2.50. The monoisotopic (exact) mass is 349 g/mol. The molecule has 1 aromatic carbocycles. The number of hydrogen-bond acceptors (Lipinski definition) is 5. The zero-order chi connectivity index (χ0) is 19.0. The molecule has 0 bridgehead atoms. The van der Waals surface area contributed by atoms with Crippen molar-refractivity contribution in [2.24, 2.45) is 5.92 Å². The maximum atomic E-state index is 12.8. The minimum Gasteiger partial charge on any atom is -0.454 e. The summed E-state index contributed by atoms with van der Waals surface area (Å²) in [7, 11) is 0. The molecule has 2 amide bonds. The number of rotatable bonds is 7. The fraction of sp³-hybridized carbons (Fsp3) is 0.412. The highest BCUT2D eigenvalue weighted by Gasteiger charge is 2.30. The number of halogens is 1. The molecule has 0 aliphatic heterocycles. The maximum absolute atomic E-state index is 12.8. The number of hydrogen-bond donors (Lipinski definition) is 2. The molecule has 1 aromatic rings. The average Bonchev–Trinajstić information content (AvgIpc) is 2.58. The van der Waals surface area contributed by atoms with E-state index in [4.69, 9.17) is 10.00 Å². The average molecular weight is 349 g/mol. The smallest absolute Gasteiger partial charge is 0.325 e. The first-order valence-corrected chi connectivity index (χ1v) is 7.59. The molecule has 0 aliphatic rings. The summed E-state index contributed by atoms with van der Waals surface area (Å²) in [5.74, 6) is -2.61. The zero-order valence-corrected chi connectivity index (χ0v) is 14.3. The van der Waals surface area contributed by atoms with Gasteiger partial charge in [-0.05, 0) is 37.1 Å². The van der Waals surface area contributed by atoms with Crippen LogP contribution in [-0.2, 0) is 14.3 Å². The summed E-state index contributed by atoms with van der Waals surface area (Å²) in [4.78, 5) is 35.1. The third kappa shape index (κ3) is 6.22. The third-order valence-corrected chi connectivity index (χ3v) is 3.65. The van der Waals surface area contributed by atoms with Gasteiger partial charge in [-0.25, -0.2) is 4.39 Å². The van der Waals surface area contributed by atoms with E-state index in [1.54, 1.807) is 20.8 Å². The van der Waals surface area contributed by atoms with E-state index in [0.29, 0.717) is 0 Å². The van der Waals surface area contributed by atoms with Crippen LogP contribution in [0.5, 0.6) is 0 Å². The molecule has 1 atom stereocenters. The number of nitrogens with one attached hydrogen (secondary N) is 2. The van der Waals surface area contributed by atoms with Gasteiger partial charge in [0.25, 0.3) is 11.8 Å². The van der Waals surface area contributed by atoms with Gasteiger partial charge in [-0.15, -0.1) is 0 Å². The van der Waals surface area contributed by atoms with E-state index in [1.165, 1.54) is 12.1 Å². The topological polar surface area (TPSA) is 108 Å². The Kier molecular flexibility index (Phi) is 7.06. The molecule has 25 heavy (non-hydrogen) atoms. The van der Waals surface area contributed by atoms with Crippen LogP contribution in [0.25, 0.3) is 0 Å². The molecule has 8 heteroatoms. The molecule has 0 radical (unpaired) electrons. The number of carbonyl (C=O) groups excluding carboxylic acids is 3. The van der Waals surface area contributed by atoms with E-state index in [2.05, 4.69) is 10.6 Å². The van der Waals surface area contributed by atoms with Gasteiger partial charge in [0.2, 0.25) is 0 Å². The summed E-state index contributed by atoms with van der Waals surface area (Å²) in [6.45, 7) is 4.12. The van der Waals surface area contributed by atoms with Crippen LogP contribution in [-0.4, -0.2) is 36.5 Å². The van der Waals surface area contributed by atoms with Crippen molar-refractivity contribution in [2.75, 3.05) is 13.2 Å². The van der Waals surface area contributed by atoms with Crippen LogP contribution >= 0.6 is 0 Å². The summed E-state index contributed by atoms with van der Waals surface area (Å²) in [6, 6.07) is 6.80. The summed E-state index contributed by atoms with van der Waals surface area (Å²) in [6.07, 6.45) is 0. The molecule has 0 fully saturated rings. The second-order valence-electron chi connectivity index (χ2n) is 5.87. The van der Waals surface area contributed by atoms with Crippen LogP contribution in [0.2, 0.25) is 0 Å². The van der Waals surface area contributed by atoms with Gasteiger partial charge < -0.3 is 15.4 Å². The highest BCUT2D eigenvalue weighted by Crippen LogP contribution is 2.14. The van der Waals surface area contributed by atoms with Gasteiger partial charge in [-0.3, -0.25) is 14.4 Å². The van der Waals surface area contributed by atoms with Crippen LogP contribution in [0.3, 0.4) is 0 Å². The Morgan fingerprint density at radius 2 is 1.88 bits per heavy atom. The molecule has 2 N–H and O–H groups in total. The fourth-order valence-corrected chi connectivity index (χ4v) is 1.68. The Morgan fingerprint density at radius 3 is 2.40 bits per heavy atom. The van der Waals surface area contributed by atoms with Crippen molar-refractivity contribution >= 4 is 17.8 Å². The molecular formula is C17H20FN3O4. The van der Waals surface area contributed by atoms with Crippen LogP contribution in [0.4, 0.5) is 4.39 Å². The van der Waals surface area contributed by atoms with Crippen molar-refractivity contribution in [3.05, 3.63) is 35.6 Å². The predicted molar refractivity (Wildman–Crippen MR) is 86.7 cm³/mol. The molecule has 0 saturated carbocycles. The zero-order valence-electron chi connectivity index (χ0n) is 14.3. The molecule has 0 aromatic heterocycles. The highest BCUT2D eigenvalue weighted by atomic mass is 19.1. The van der Waals surface area contributed by atoms with Gasteiger partial charge in [0, 0.05) is 5.56 Å². The van der Waals surface area contributed by atoms with E-state index in [9.17, 15) is 18.8 Å². The van der Waals surface area contributed by atoms with Crippen LogP contribution in [0.1, 0.15) is 31.1 Å². The van der Waals surface area contributed by atoms with Gasteiger partial charge in [-0.2, -0.15) is 5.26 Å². The molecule has 7 nitrogen and oxygen atoms in total. The lowest BCUT2D eigenvalue weighted by Gasteiger charge is -2.27. The molecule has 0 heterocycles. The Hall–Kier alpha value is -2.95. The van der Waals surface area contributed by atoms with E-state index in [-0.39, 0.29) is 11.5 Å². The number of carbonyl (C=O) groups is 3. The largest absolute Gasteiger partial charge is 0.454 e. The van der Waals surface area contributed by atoms with Gasteiger partial charge in [0.15, 0.2) is 6.61 Å². The number of benzene rings is 1. The molecule has 0 unspecified atom stereocenters. The number of esters is 1. The van der Waals surface area contributed by atoms with Crippen molar-refractivity contribution in [1.29, 1.82) is 5.26 Å². The summed E-state index contributed by atoms with van der Waals surface area (Å²) in [5, 5.41) is 13.9. The highest BCUT2D eigenvalue weighted by molar-refractivity contribution is 5.96. The third-order valence-electron chi connectivity index (χ3n) is 3.65. The summed E-state index contributed by atoms with van der Waals surface area (Å²) >= 11 is 0. The lowest BCUT2D eigenvalue weighted by atomic mass is 9.90. The number of amides is 2. The molecule has 134 valence electrons. The minimum atomic E-state index is -1.07. The Morgan fingerprint density at radius 1 is 1.28 bits per heavy atom. The SMILES string of the molecule is CC(C)[C@@](C)(C#N)NC(=O)COC(=O)CNC(=O)c1ccc(F)cc1. The maximum Gasteiger partial charge on any atom is 0.325 e. The fourth-order valence-electron chi connectivity index (χ4n) is 1.68. The minimum absolute atomic E-state index is 0.132. The van der Waals surface area contributed by atoms with Gasteiger partial charge in [0.05, 0.1) is 6.07 Å². The number of nitriles is 1. The lowest BCUT2D eigenvalue weighted by molar-refractivity contribution is -0.147. The molecular weight excluding hydrogens is 329 g/mol. The van der Waals surface area contributed by atoms with Gasteiger partial charge >= 0.3 is 5.97 Å². The van der Waals surface area contributed by atoms with Crippen molar-refractivity contribution in [3.8, 4) is 6.07 Å². The summed E-state index contributed by atoms with van der Waals surface area (Å²) in [5.41, 5.74) is -0.881.